The third-order valence-corrected chi connectivity index (χ3v) is 3.21. The maximum absolute atomic E-state index is 8.88. The average Bonchev–Trinajstić information content (AvgIpc) is 2.55. The molecule has 1 aromatic carbocycles. The van der Waals surface area contributed by atoms with Crippen LogP contribution in [0, 0.1) is 22.7 Å². The second kappa shape index (κ2) is 7.23. The predicted molar refractivity (Wildman–Crippen MR) is 80.1 cm³/mol. The number of morpholine rings is 1. The first-order valence-electron chi connectivity index (χ1n) is 6.74. The van der Waals surface area contributed by atoms with E-state index in [0.717, 1.165) is 24.4 Å². The highest BCUT2D eigenvalue weighted by molar-refractivity contribution is 6.10. The fraction of sp³-hybridized carbons (Fsp3) is 0.312. The van der Waals surface area contributed by atoms with Gasteiger partial charge >= 0.3 is 0 Å². The van der Waals surface area contributed by atoms with Crippen LogP contribution in [0.15, 0.2) is 41.0 Å². The van der Waals surface area contributed by atoms with Crippen molar-refractivity contribution in [1.29, 1.82) is 10.5 Å². The Morgan fingerprint density at radius 2 is 1.76 bits per heavy atom. The van der Waals surface area contributed by atoms with Gasteiger partial charge in [-0.05, 0) is 12.5 Å². The first-order valence-corrected chi connectivity index (χ1v) is 6.74. The summed E-state index contributed by atoms with van der Waals surface area (Å²) in [6.07, 6.45) is 0. The highest BCUT2D eigenvalue weighted by Crippen LogP contribution is 2.24. The third kappa shape index (κ3) is 3.68. The lowest BCUT2D eigenvalue weighted by molar-refractivity contribution is 0.0637. The Bertz CT molecular complexity index is 612. The average molecular weight is 280 g/mol. The molecule has 1 saturated heterocycles. The van der Waals surface area contributed by atoms with Gasteiger partial charge in [-0.15, -0.1) is 0 Å². The molecule has 5 nitrogen and oxygen atoms in total. The van der Waals surface area contributed by atoms with Crippen LogP contribution >= 0.6 is 0 Å². The molecule has 0 saturated carbocycles. The SMILES string of the molecule is C/C(N=C(C#N)C#N)=C(\c1ccccc1)N1CCOCC1. The van der Waals surface area contributed by atoms with Crippen molar-refractivity contribution >= 4 is 11.4 Å². The number of aliphatic imine (C=N–C) groups is 1. The molecule has 1 aliphatic heterocycles. The molecule has 0 bridgehead atoms. The summed E-state index contributed by atoms with van der Waals surface area (Å²) >= 11 is 0. The first-order chi connectivity index (χ1) is 10.3. The van der Waals surface area contributed by atoms with Crippen molar-refractivity contribution in [3.05, 3.63) is 41.6 Å². The van der Waals surface area contributed by atoms with E-state index in [1.165, 1.54) is 0 Å². The number of hydrogen-bond donors (Lipinski definition) is 0. The van der Waals surface area contributed by atoms with E-state index in [9.17, 15) is 0 Å². The number of hydrogen-bond acceptors (Lipinski definition) is 5. The van der Waals surface area contributed by atoms with Crippen LogP contribution in [0.4, 0.5) is 0 Å². The number of rotatable bonds is 3. The normalized spacial score (nSPS) is 15.5. The standard InChI is InChI=1S/C16H16N4O/c1-13(19-15(11-17)12-18)16(14-5-3-2-4-6-14)20-7-9-21-10-8-20/h2-6H,7-10H2,1H3/b16-13-. The van der Waals surface area contributed by atoms with Crippen molar-refractivity contribution in [3.63, 3.8) is 0 Å². The number of benzene rings is 1. The molecule has 21 heavy (non-hydrogen) atoms. The van der Waals surface area contributed by atoms with Crippen LogP contribution in [0.2, 0.25) is 0 Å². The van der Waals surface area contributed by atoms with E-state index < -0.39 is 0 Å². The fourth-order valence-corrected chi connectivity index (χ4v) is 2.30. The molecule has 2 rings (SSSR count). The molecule has 106 valence electrons. The molecular formula is C16H16N4O. The van der Waals surface area contributed by atoms with Crippen LogP contribution in [0.5, 0.6) is 0 Å². The third-order valence-electron chi connectivity index (χ3n) is 3.21. The summed E-state index contributed by atoms with van der Waals surface area (Å²) in [6, 6.07) is 13.5. The van der Waals surface area contributed by atoms with E-state index in [2.05, 4.69) is 9.89 Å². The van der Waals surface area contributed by atoms with Crippen LogP contribution in [0.3, 0.4) is 0 Å². The summed E-state index contributed by atoms with van der Waals surface area (Å²) in [6.45, 7) is 4.69. The molecule has 0 amide bonds. The molecular weight excluding hydrogens is 264 g/mol. The van der Waals surface area contributed by atoms with Crippen molar-refractivity contribution in [1.82, 2.24) is 4.90 Å². The number of nitrogens with zero attached hydrogens (tertiary/aromatic N) is 4. The molecule has 1 heterocycles. The molecule has 0 atom stereocenters. The Morgan fingerprint density at radius 3 is 2.33 bits per heavy atom. The predicted octanol–water partition coefficient (Wildman–Crippen LogP) is 2.20. The minimum atomic E-state index is -0.130. The van der Waals surface area contributed by atoms with E-state index in [-0.39, 0.29) is 5.71 Å². The molecule has 0 aliphatic carbocycles. The summed E-state index contributed by atoms with van der Waals surface area (Å²) < 4.78 is 5.38. The summed E-state index contributed by atoms with van der Waals surface area (Å²) in [5.41, 5.74) is 2.51. The quantitative estimate of drug-likeness (QED) is 0.796. The number of allylic oxidation sites excluding steroid dienone is 1. The Labute approximate surface area is 124 Å². The first kappa shape index (κ1) is 14.8. The zero-order valence-electron chi connectivity index (χ0n) is 11.9. The van der Waals surface area contributed by atoms with E-state index in [1.807, 2.05) is 37.3 Å². The van der Waals surface area contributed by atoms with Crippen molar-refractivity contribution in [3.8, 4) is 12.1 Å². The largest absolute Gasteiger partial charge is 0.378 e. The van der Waals surface area contributed by atoms with Crippen LogP contribution in [-0.4, -0.2) is 36.9 Å². The van der Waals surface area contributed by atoms with E-state index in [4.69, 9.17) is 15.3 Å². The minimum absolute atomic E-state index is 0.130. The van der Waals surface area contributed by atoms with Gasteiger partial charge < -0.3 is 9.64 Å². The second-order valence-corrected chi connectivity index (χ2v) is 4.58. The maximum Gasteiger partial charge on any atom is 0.218 e. The zero-order chi connectivity index (χ0) is 15.1. The number of nitriles is 2. The molecule has 0 aromatic heterocycles. The molecule has 1 aliphatic rings. The lowest BCUT2D eigenvalue weighted by atomic mass is 10.1. The van der Waals surface area contributed by atoms with Gasteiger partial charge in [0.15, 0.2) is 0 Å². The van der Waals surface area contributed by atoms with Gasteiger partial charge in [-0.1, -0.05) is 30.3 Å². The van der Waals surface area contributed by atoms with Crippen LogP contribution in [-0.2, 0) is 4.74 Å². The Morgan fingerprint density at radius 1 is 1.14 bits per heavy atom. The topological polar surface area (TPSA) is 72.4 Å². The van der Waals surface area contributed by atoms with E-state index in [0.29, 0.717) is 18.9 Å². The van der Waals surface area contributed by atoms with Gasteiger partial charge in [0.25, 0.3) is 0 Å². The van der Waals surface area contributed by atoms with Gasteiger partial charge in [-0.3, -0.25) is 0 Å². The molecule has 0 radical (unpaired) electrons. The molecule has 0 spiro atoms. The zero-order valence-corrected chi connectivity index (χ0v) is 11.9. The smallest absolute Gasteiger partial charge is 0.218 e. The second-order valence-electron chi connectivity index (χ2n) is 4.58. The lowest BCUT2D eigenvalue weighted by Gasteiger charge is -2.32. The van der Waals surface area contributed by atoms with Crippen molar-refractivity contribution in [2.24, 2.45) is 4.99 Å². The molecule has 0 N–H and O–H groups in total. The van der Waals surface area contributed by atoms with Crippen molar-refractivity contribution in [2.45, 2.75) is 6.92 Å². The van der Waals surface area contributed by atoms with E-state index in [1.54, 1.807) is 12.1 Å². The van der Waals surface area contributed by atoms with Gasteiger partial charge in [0, 0.05) is 13.1 Å². The Kier molecular flexibility index (Phi) is 5.09. The van der Waals surface area contributed by atoms with Gasteiger partial charge in [-0.2, -0.15) is 10.5 Å². The molecule has 0 unspecified atom stereocenters. The van der Waals surface area contributed by atoms with Crippen molar-refractivity contribution < 1.29 is 4.74 Å². The number of ether oxygens (including phenoxy) is 1. The van der Waals surface area contributed by atoms with Crippen LogP contribution in [0.25, 0.3) is 5.70 Å². The lowest BCUT2D eigenvalue weighted by Crippen LogP contribution is -2.35. The highest BCUT2D eigenvalue weighted by Gasteiger charge is 2.18. The van der Waals surface area contributed by atoms with Gasteiger partial charge in [0.2, 0.25) is 5.71 Å². The Balaban J connectivity index is 2.48. The molecule has 5 heteroatoms. The van der Waals surface area contributed by atoms with Gasteiger partial charge in [0.1, 0.15) is 12.1 Å². The molecule has 1 fully saturated rings. The van der Waals surface area contributed by atoms with Crippen LogP contribution < -0.4 is 0 Å². The van der Waals surface area contributed by atoms with Gasteiger partial charge in [0.05, 0.1) is 24.6 Å². The minimum Gasteiger partial charge on any atom is -0.378 e. The summed E-state index contributed by atoms with van der Waals surface area (Å²) in [4.78, 5) is 6.34. The van der Waals surface area contributed by atoms with Gasteiger partial charge in [-0.25, -0.2) is 4.99 Å². The highest BCUT2D eigenvalue weighted by atomic mass is 16.5. The fourth-order valence-electron chi connectivity index (χ4n) is 2.30. The van der Waals surface area contributed by atoms with Crippen molar-refractivity contribution in [2.75, 3.05) is 26.3 Å². The summed E-state index contributed by atoms with van der Waals surface area (Å²) in [5, 5.41) is 17.8. The molecule has 1 aromatic rings. The maximum atomic E-state index is 8.88. The monoisotopic (exact) mass is 280 g/mol. The summed E-state index contributed by atoms with van der Waals surface area (Å²) in [7, 11) is 0. The summed E-state index contributed by atoms with van der Waals surface area (Å²) in [5.74, 6) is 0. The Hall–Kier alpha value is -2.63. The van der Waals surface area contributed by atoms with Crippen LogP contribution in [0.1, 0.15) is 12.5 Å². The van der Waals surface area contributed by atoms with E-state index >= 15 is 0 Å².